The van der Waals surface area contributed by atoms with Gasteiger partial charge in [-0.25, -0.2) is 4.52 Å². The van der Waals surface area contributed by atoms with Crippen LogP contribution in [0.2, 0.25) is 0 Å². The summed E-state index contributed by atoms with van der Waals surface area (Å²) in [5, 5.41) is 4.29. The Morgan fingerprint density at radius 2 is 2.08 bits per heavy atom. The Hall–Kier alpha value is -2.94. The highest BCUT2D eigenvalue weighted by atomic mass is 15.2. The summed E-state index contributed by atoms with van der Waals surface area (Å²) >= 11 is 0. The summed E-state index contributed by atoms with van der Waals surface area (Å²) in [5.41, 5.74) is 10.1. The minimum atomic E-state index is 0.624. The Bertz CT molecular complexity index is 1110. The molecule has 2 aliphatic carbocycles. The Balaban J connectivity index is 1.58. The van der Waals surface area contributed by atoms with Crippen molar-refractivity contribution < 1.29 is 0 Å². The quantitative estimate of drug-likeness (QED) is 0.651. The summed E-state index contributed by atoms with van der Waals surface area (Å²) in [4.78, 5) is 4.78. The molecule has 0 spiro atoms. The maximum atomic E-state index is 4.78. The van der Waals surface area contributed by atoms with E-state index >= 15 is 0 Å². The van der Waals surface area contributed by atoms with Crippen LogP contribution >= 0.6 is 0 Å². The number of rotatable bonds is 2. The average Bonchev–Trinajstić information content (AvgIpc) is 3.27. The third kappa shape index (κ3) is 2.43. The van der Waals surface area contributed by atoms with Crippen molar-refractivity contribution in [2.75, 3.05) is 0 Å². The van der Waals surface area contributed by atoms with Crippen LogP contribution in [0.3, 0.4) is 0 Å². The molecule has 3 heteroatoms. The molecule has 1 unspecified atom stereocenters. The zero-order valence-electron chi connectivity index (χ0n) is 15.1. The van der Waals surface area contributed by atoms with Gasteiger partial charge in [-0.05, 0) is 60.2 Å². The van der Waals surface area contributed by atoms with Gasteiger partial charge in [0.1, 0.15) is 0 Å². The van der Waals surface area contributed by atoms with Crippen molar-refractivity contribution in [3.63, 3.8) is 0 Å². The maximum absolute atomic E-state index is 4.78. The van der Waals surface area contributed by atoms with Crippen molar-refractivity contribution in [2.45, 2.75) is 26.7 Å². The van der Waals surface area contributed by atoms with E-state index < -0.39 is 0 Å². The molecule has 3 heterocycles. The molecule has 0 fully saturated rings. The first-order valence-corrected chi connectivity index (χ1v) is 9.20. The molecule has 5 rings (SSSR count). The van der Waals surface area contributed by atoms with Gasteiger partial charge in [0, 0.05) is 36.1 Å². The molecule has 0 saturated heterocycles. The fourth-order valence-corrected chi connectivity index (χ4v) is 4.11. The molecule has 0 radical (unpaired) electrons. The topological polar surface area (TPSA) is 30.2 Å². The van der Waals surface area contributed by atoms with E-state index in [1.54, 1.807) is 0 Å². The minimum Gasteiger partial charge on any atom is -0.260 e. The van der Waals surface area contributed by atoms with Crippen molar-refractivity contribution in [2.24, 2.45) is 5.92 Å². The second-order valence-electron chi connectivity index (χ2n) is 7.39. The molecule has 0 amide bonds. The third-order valence-electron chi connectivity index (χ3n) is 5.46. The van der Waals surface area contributed by atoms with Crippen LogP contribution in [-0.4, -0.2) is 14.6 Å². The highest BCUT2D eigenvalue weighted by Crippen LogP contribution is 2.36. The number of allylic oxidation sites excluding steroid dienone is 5. The molecule has 3 aromatic heterocycles. The highest BCUT2D eigenvalue weighted by molar-refractivity contribution is 5.87. The minimum absolute atomic E-state index is 0.624. The first-order chi connectivity index (χ1) is 12.7. The second-order valence-corrected chi connectivity index (χ2v) is 7.39. The summed E-state index contributed by atoms with van der Waals surface area (Å²) in [6, 6.07) is 8.70. The summed E-state index contributed by atoms with van der Waals surface area (Å²) in [6.07, 6.45) is 14.8. The smallest absolute Gasteiger partial charge is 0.0667 e. The standard InChI is InChI=1S/C23H21N3/c1-15-3-4-20(16(2)11-15)18-13-22-21(5-6-23(22)24-14-18)17-8-10-26-19(12-17)7-9-25-26/h3-5,7-10,12-15H,6,11H2,1-2H3. The van der Waals surface area contributed by atoms with E-state index in [0.29, 0.717) is 5.92 Å². The van der Waals surface area contributed by atoms with E-state index in [1.807, 2.05) is 29.2 Å². The monoisotopic (exact) mass is 339 g/mol. The lowest BCUT2D eigenvalue weighted by Gasteiger charge is -2.18. The Morgan fingerprint density at radius 1 is 1.15 bits per heavy atom. The van der Waals surface area contributed by atoms with Gasteiger partial charge in [0.2, 0.25) is 0 Å². The van der Waals surface area contributed by atoms with Crippen molar-refractivity contribution in [1.82, 2.24) is 14.6 Å². The van der Waals surface area contributed by atoms with Gasteiger partial charge >= 0.3 is 0 Å². The van der Waals surface area contributed by atoms with Crippen molar-refractivity contribution in [1.29, 1.82) is 0 Å². The van der Waals surface area contributed by atoms with E-state index in [9.17, 15) is 0 Å². The maximum Gasteiger partial charge on any atom is 0.0667 e. The SMILES string of the molecule is CC1=C(c2cnc3c(c2)C(c2ccn4nccc4c2)=CC3)C=CC(C)C1. The number of pyridine rings is 2. The average molecular weight is 339 g/mol. The molecule has 26 heavy (non-hydrogen) atoms. The zero-order chi connectivity index (χ0) is 17.7. The molecule has 0 aromatic carbocycles. The fraction of sp³-hybridized carbons (Fsp3) is 0.217. The van der Waals surface area contributed by atoms with E-state index in [0.717, 1.165) is 18.4 Å². The van der Waals surface area contributed by atoms with Gasteiger partial charge in [0.15, 0.2) is 0 Å². The largest absolute Gasteiger partial charge is 0.260 e. The van der Waals surface area contributed by atoms with Crippen LogP contribution in [0.1, 0.15) is 42.7 Å². The van der Waals surface area contributed by atoms with Gasteiger partial charge in [0.25, 0.3) is 0 Å². The van der Waals surface area contributed by atoms with Gasteiger partial charge in [-0.1, -0.05) is 30.7 Å². The van der Waals surface area contributed by atoms with Gasteiger partial charge in [-0.3, -0.25) is 4.98 Å². The number of nitrogens with zero attached hydrogens (tertiary/aromatic N) is 3. The van der Waals surface area contributed by atoms with E-state index in [2.05, 4.69) is 55.4 Å². The van der Waals surface area contributed by atoms with Crippen LogP contribution in [0.5, 0.6) is 0 Å². The molecule has 2 aliphatic rings. The lowest BCUT2D eigenvalue weighted by atomic mass is 9.88. The zero-order valence-corrected chi connectivity index (χ0v) is 15.1. The number of hydrogen-bond donors (Lipinski definition) is 0. The first kappa shape index (κ1) is 15.3. The summed E-state index contributed by atoms with van der Waals surface area (Å²) in [5.74, 6) is 0.624. The van der Waals surface area contributed by atoms with Crippen LogP contribution in [-0.2, 0) is 6.42 Å². The molecule has 0 N–H and O–H groups in total. The fourth-order valence-electron chi connectivity index (χ4n) is 4.11. The van der Waals surface area contributed by atoms with Crippen LogP contribution in [0.25, 0.3) is 16.7 Å². The van der Waals surface area contributed by atoms with Gasteiger partial charge in [-0.15, -0.1) is 0 Å². The lowest BCUT2D eigenvalue weighted by Crippen LogP contribution is -2.01. The summed E-state index contributed by atoms with van der Waals surface area (Å²) < 4.78 is 1.90. The Labute approximate surface area is 153 Å². The lowest BCUT2D eigenvalue weighted by molar-refractivity contribution is 0.710. The second kappa shape index (κ2) is 5.80. The summed E-state index contributed by atoms with van der Waals surface area (Å²) in [7, 11) is 0. The molecule has 0 bridgehead atoms. The molecule has 1 atom stereocenters. The Morgan fingerprint density at radius 3 is 2.96 bits per heavy atom. The molecule has 0 aliphatic heterocycles. The van der Waals surface area contributed by atoms with Gasteiger partial charge < -0.3 is 0 Å². The van der Waals surface area contributed by atoms with Gasteiger partial charge in [0.05, 0.1) is 11.2 Å². The molecular formula is C23H21N3. The molecule has 0 saturated carbocycles. The van der Waals surface area contributed by atoms with Crippen molar-refractivity contribution in [3.05, 3.63) is 89.0 Å². The highest BCUT2D eigenvalue weighted by Gasteiger charge is 2.20. The van der Waals surface area contributed by atoms with E-state index in [4.69, 9.17) is 4.98 Å². The van der Waals surface area contributed by atoms with Crippen LogP contribution in [0, 0.1) is 5.92 Å². The number of hydrogen-bond acceptors (Lipinski definition) is 2. The third-order valence-corrected chi connectivity index (χ3v) is 5.46. The van der Waals surface area contributed by atoms with E-state index in [-0.39, 0.29) is 0 Å². The molecular weight excluding hydrogens is 318 g/mol. The van der Waals surface area contributed by atoms with Crippen molar-refractivity contribution >= 4 is 16.7 Å². The van der Waals surface area contributed by atoms with Crippen LogP contribution in [0.15, 0.2) is 66.7 Å². The van der Waals surface area contributed by atoms with Crippen molar-refractivity contribution in [3.8, 4) is 0 Å². The summed E-state index contributed by atoms with van der Waals surface area (Å²) in [6.45, 7) is 4.51. The predicted molar refractivity (Wildman–Crippen MR) is 106 cm³/mol. The number of fused-ring (bicyclic) bond motifs is 2. The molecule has 3 aromatic rings. The van der Waals surface area contributed by atoms with Crippen LogP contribution < -0.4 is 0 Å². The van der Waals surface area contributed by atoms with E-state index in [1.165, 1.54) is 39.1 Å². The number of aromatic nitrogens is 3. The van der Waals surface area contributed by atoms with Gasteiger partial charge in [-0.2, -0.15) is 5.10 Å². The molecule has 3 nitrogen and oxygen atoms in total. The predicted octanol–water partition coefficient (Wildman–Crippen LogP) is 5.09. The first-order valence-electron chi connectivity index (χ1n) is 9.20. The normalized spacial score (nSPS) is 19.2. The Kier molecular flexibility index (Phi) is 3.42. The molecule has 128 valence electrons. The van der Waals surface area contributed by atoms with Crippen LogP contribution in [0.4, 0.5) is 0 Å².